The molecular formula is C12H21N3S. The Morgan fingerprint density at radius 2 is 2.31 bits per heavy atom. The lowest BCUT2D eigenvalue weighted by molar-refractivity contribution is 0.183. The van der Waals surface area contributed by atoms with E-state index in [4.69, 9.17) is 4.99 Å². The maximum atomic E-state index is 4.89. The SMILES string of the molecule is CC1CSC(=NC2CCN3CCCC3C2)N1. The zero-order valence-electron chi connectivity index (χ0n) is 9.98. The first-order valence-corrected chi connectivity index (χ1v) is 7.51. The summed E-state index contributed by atoms with van der Waals surface area (Å²) < 4.78 is 0. The number of hydrogen-bond donors (Lipinski definition) is 1. The van der Waals surface area contributed by atoms with Crippen molar-refractivity contribution in [2.45, 2.75) is 50.7 Å². The molecule has 0 radical (unpaired) electrons. The number of nitrogens with one attached hydrogen (secondary N) is 1. The topological polar surface area (TPSA) is 27.6 Å². The maximum absolute atomic E-state index is 4.89. The molecule has 3 aliphatic rings. The second-order valence-electron chi connectivity index (χ2n) is 5.30. The molecule has 3 heterocycles. The molecule has 3 unspecified atom stereocenters. The van der Waals surface area contributed by atoms with E-state index in [1.807, 2.05) is 11.8 Å². The third-order valence-electron chi connectivity index (χ3n) is 3.93. The zero-order chi connectivity index (χ0) is 11.0. The third-order valence-corrected chi connectivity index (χ3v) is 5.10. The van der Waals surface area contributed by atoms with E-state index in [0.29, 0.717) is 12.1 Å². The molecule has 0 aromatic heterocycles. The fourth-order valence-electron chi connectivity index (χ4n) is 3.06. The Kier molecular flexibility index (Phi) is 3.11. The molecule has 3 rings (SSSR count). The molecule has 0 aliphatic carbocycles. The lowest BCUT2D eigenvalue weighted by Crippen LogP contribution is -2.40. The molecule has 3 saturated heterocycles. The van der Waals surface area contributed by atoms with Gasteiger partial charge in [0.1, 0.15) is 0 Å². The smallest absolute Gasteiger partial charge is 0.157 e. The maximum Gasteiger partial charge on any atom is 0.157 e. The van der Waals surface area contributed by atoms with E-state index >= 15 is 0 Å². The van der Waals surface area contributed by atoms with Gasteiger partial charge in [-0.25, -0.2) is 0 Å². The Balaban J connectivity index is 1.60. The number of fused-ring (bicyclic) bond motifs is 1. The number of nitrogens with zero attached hydrogens (tertiary/aromatic N) is 2. The number of amidine groups is 1. The Labute approximate surface area is 102 Å². The van der Waals surface area contributed by atoms with Gasteiger partial charge in [-0.3, -0.25) is 4.99 Å². The summed E-state index contributed by atoms with van der Waals surface area (Å²) in [5.74, 6) is 1.18. The van der Waals surface area contributed by atoms with Crippen LogP contribution < -0.4 is 5.32 Å². The molecule has 0 saturated carbocycles. The van der Waals surface area contributed by atoms with Crippen molar-refractivity contribution in [1.29, 1.82) is 0 Å². The summed E-state index contributed by atoms with van der Waals surface area (Å²) in [6.45, 7) is 4.83. The predicted octanol–water partition coefficient (Wildman–Crippen LogP) is 1.69. The summed E-state index contributed by atoms with van der Waals surface area (Å²) in [6, 6.07) is 2.03. The molecule has 1 N–H and O–H groups in total. The Bertz CT molecular complexity index is 292. The van der Waals surface area contributed by atoms with E-state index in [-0.39, 0.29) is 0 Å². The quantitative estimate of drug-likeness (QED) is 0.754. The van der Waals surface area contributed by atoms with Crippen molar-refractivity contribution in [3.8, 4) is 0 Å². The van der Waals surface area contributed by atoms with E-state index in [1.165, 1.54) is 49.7 Å². The first kappa shape index (κ1) is 10.9. The summed E-state index contributed by atoms with van der Waals surface area (Å²) >= 11 is 1.89. The minimum absolute atomic E-state index is 0.583. The highest BCUT2D eigenvalue weighted by molar-refractivity contribution is 8.14. The van der Waals surface area contributed by atoms with Gasteiger partial charge in [0.25, 0.3) is 0 Å². The van der Waals surface area contributed by atoms with Crippen LogP contribution >= 0.6 is 11.8 Å². The van der Waals surface area contributed by atoms with Crippen LogP contribution in [0.2, 0.25) is 0 Å². The molecule has 3 atom stereocenters. The van der Waals surface area contributed by atoms with Crippen LogP contribution in [0, 0.1) is 0 Å². The third kappa shape index (κ3) is 2.23. The Hall–Kier alpha value is -0.220. The molecule has 0 spiro atoms. The van der Waals surface area contributed by atoms with Gasteiger partial charge in [0.2, 0.25) is 0 Å². The summed E-state index contributed by atoms with van der Waals surface area (Å²) in [6.07, 6.45) is 5.35. The average molecular weight is 239 g/mol. The van der Waals surface area contributed by atoms with Gasteiger partial charge in [0.15, 0.2) is 5.17 Å². The van der Waals surface area contributed by atoms with E-state index in [1.54, 1.807) is 0 Å². The van der Waals surface area contributed by atoms with Crippen molar-refractivity contribution in [1.82, 2.24) is 10.2 Å². The molecule has 3 nitrogen and oxygen atoms in total. The standard InChI is InChI=1S/C12H21N3S/c1-9-8-16-12(13-9)14-10-4-6-15-5-2-3-11(15)7-10/h9-11H,2-8H2,1H3,(H,13,14). The summed E-state index contributed by atoms with van der Waals surface area (Å²) in [5.41, 5.74) is 0. The Morgan fingerprint density at radius 3 is 3.12 bits per heavy atom. The van der Waals surface area contributed by atoms with Crippen LogP contribution in [-0.4, -0.2) is 47.0 Å². The molecule has 0 aromatic carbocycles. The number of thioether (sulfide) groups is 1. The van der Waals surface area contributed by atoms with Crippen LogP contribution in [0.3, 0.4) is 0 Å². The van der Waals surface area contributed by atoms with Gasteiger partial charge >= 0.3 is 0 Å². The number of piperidine rings is 1. The molecule has 16 heavy (non-hydrogen) atoms. The zero-order valence-corrected chi connectivity index (χ0v) is 10.8. The second-order valence-corrected chi connectivity index (χ2v) is 6.31. The minimum Gasteiger partial charge on any atom is -0.362 e. The molecule has 4 heteroatoms. The Morgan fingerprint density at radius 1 is 1.38 bits per heavy atom. The summed E-state index contributed by atoms with van der Waals surface area (Å²) in [7, 11) is 0. The number of aliphatic imine (C=N–C) groups is 1. The van der Waals surface area contributed by atoms with Gasteiger partial charge in [-0.1, -0.05) is 11.8 Å². The van der Waals surface area contributed by atoms with Crippen LogP contribution in [0.4, 0.5) is 0 Å². The molecule has 3 aliphatic heterocycles. The fraction of sp³-hybridized carbons (Fsp3) is 0.917. The highest BCUT2D eigenvalue weighted by Gasteiger charge is 2.32. The highest BCUT2D eigenvalue weighted by Crippen LogP contribution is 2.29. The molecule has 0 bridgehead atoms. The van der Waals surface area contributed by atoms with Crippen molar-refractivity contribution < 1.29 is 0 Å². The number of rotatable bonds is 1. The molecule has 90 valence electrons. The van der Waals surface area contributed by atoms with Crippen LogP contribution in [0.15, 0.2) is 4.99 Å². The summed E-state index contributed by atoms with van der Waals surface area (Å²) in [4.78, 5) is 7.55. The average Bonchev–Trinajstić information content (AvgIpc) is 2.87. The molecular weight excluding hydrogens is 218 g/mol. The molecule has 0 aromatic rings. The van der Waals surface area contributed by atoms with Gasteiger partial charge in [0, 0.05) is 24.4 Å². The normalized spacial score (nSPS) is 42.3. The van der Waals surface area contributed by atoms with Crippen LogP contribution in [0.25, 0.3) is 0 Å². The van der Waals surface area contributed by atoms with E-state index in [9.17, 15) is 0 Å². The first-order valence-electron chi connectivity index (χ1n) is 6.52. The molecule has 3 fully saturated rings. The van der Waals surface area contributed by atoms with Crippen LogP contribution in [0.5, 0.6) is 0 Å². The highest BCUT2D eigenvalue weighted by atomic mass is 32.2. The van der Waals surface area contributed by atoms with E-state index in [2.05, 4.69) is 17.1 Å². The van der Waals surface area contributed by atoms with Crippen molar-refractivity contribution in [2.75, 3.05) is 18.8 Å². The van der Waals surface area contributed by atoms with Crippen molar-refractivity contribution in [3.05, 3.63) is 0 Å². The van der Waals surface area contributed by atoms with Gasteiger partial charge < -0.3 is 10.2 Å². The van der Waals surface area contributed by atoms with Crippen LogP contribution in [-0.2, 0) is 0 Å². The van der Waals surface area contributed by atoms with Gasteiger partial charge in [-0.05, 0) is 39.2 Å². The van der Waals surface area contributed by atoms with E-state index in [0.717, 1.165) is 6.04 Å². The fourth-order valence-corrected chi connectivity index (χ4v) is 4.06. The minimum atomic E-state index is 0.583. The first-order chi connectivity index (χ1) is 7.81. The van der Waals surface area contributed by atoms with Crippen molar-refractivity contribution in [3.63, 3.8) is 0 Å². The van der Waals surface area contributed by atoms with Gasteiger partial charge in [-0.15, -0.1) is 0 Å². The second kappa shape index (κ2) is 4.57. The van der Waals surface area contributed by atoms with Gasteiger partial charge in [-0.2, -0.15) is 0 Å². The lowest BCUT2D eigenvalue weighted by Gasteiger charge is -2.33. The lowest BCUT2D eigenvalue weighted by atomic mass is 9.98. The summed E-state index contributed by atoms with van der Waals surface area (Å²) in [5, 5.41) is 4.66. The molecule has 0 amide bonds. The van der Waals surface area contributed by atoms with Crippen LogP contribution in [0.1, 0.15) is 32.6 Å². The predicted molar refractivity (Wildman–Crippen MR) is 70.1 cm³/mol. The van der Waals surface area contributed by atoms with E-state index < -0.39 is 0 Å². The van der Waals surface area contributed by atoms with Gasteiger partial charge in [0.05, 0.1) is 6.04 Å². The van der Waals surface area contributed by atoms with Crippen molar-refractivity contribution in [2.24, 2.45) is 4.99 Å². The largest absolute Gasteiger partial charge is 0.362 e. The monoisotopic (exact) mass is 239 g/mol. The van der Waals surface area contributed by atoms with Crippen molar-refractivity contribution >= 4 is 16.9 Å². The number of hydrogen-bond acceptors (Lipinski definition) is 3.